The van der Waals surface area contributed by atoms with Gasteiger partial charge in [0.25, 0.3) is 0 Å². The number of urea groups is 1. The molecule has 0 bridgehead atoms. The summed E-state index contributed by atoms with van der Waals surface area (Å²) in [5, 5.41) is 17.4. The minimum absolute atomic E-state index is 0.127. The predicted octanol–water partition coefficient (Wildman–Crippen LogP) is 3.60. The summed E-state index contributed by atoms with van der Waals surface area (Å²) in [5.74, 6) is -0.517. The van der Waals surface area contributed by atoms with E-state index in [2.05, 4.69) is 24.9 Å². The average Bonchev–Trinajstić information content (AvgIpc) is 2.85. The number of likely N-dealkylation sites (tertiary alicyclic amines) is 1. The first-order valence-corrected chi connectivity index (χ1v) is 14.1. The zero-order valence-electron chi connectivity index (χ0n) is 23.4. The molecular weight excluding hydrogens is 569 g/mol. The molecule has 1 heterocycles. The molecule has 1 aliphatic heterocycles. The molecule has 0 aliphatic carbocycles. The topological polar surface area (TPSA) is 173 Å². The van der Waals surface area contributed by atoms with Crippen LogP contribution in [0, 0.1) is 11.3 Å². The van der Waals surface area contributed by atoms with Crippen molar-refractivity contribution in [3.8, 4) is 0 Å². The van der Waals surface area contributed by atoms with Crippen LogP contribution >= 0.6 is 19.9 Å². The van der Waals surface area contributed by atoms with Gasteiger partial charge in [0.15, 0.2) is 0 Å². The summed E-state index contributed by atoms with van der Waals surface area (Å²) in [6, 6.07) is 5.54. The van der Waals surface area contributed by atoms with Gasteiger partial charge in [0.2, 0.25) is 12.7 Å². The van der Waals surface area contributed by atoms with Crippen molar-refractivity contribution in [3.63, 3.8) is 0 Å². The zero-order chi connectivity index (χ0) is 30.3. The van der Waals surface area contributed by atoms with Crippen molar-refractivity contribution in [1.29, 1.82) is 0 Å². The fourth-order valence-corrected chi connectivity index (χ4v) is 4.66. The lowest BCUT2D eigenvalue weighted by molar-refractivity contribution is -0.258. The number of nitrogens with zero attached hydrogens (tertiary/aromatic N) is 1. The average molecular weight is 607 g/mol. The Morgan fingerprint density at radius 3 is 2.38 bits per heavy atom. The van der Waals surface area contributed by atoms with Gasteiger partial charge in [0.05, 0.1) is 16.8 Å². The van der Waals surface area contributed by atoms with Gasteiger partial charge in [-0.1, -0.05) is 51.4 Å². The van der Waals surface area contributed by atoms with E-state index in [4.69, 9.17) is 21.2 Å². The number of halogens is 1. The predicted molar refractivity (Wildman–Crippen MR) is 144 cm³/mol. The first kappa shape index (κ1) is 33.7. The number of amides is 3. The Labute approximate surface area is 239 Å². The molecule has 0 saturated carbocycles. The number of nitrogens with one attached hydrogen (secondary N) is 2. The number of hydrogen-bond donors (Lipinski definition) is 4. The standard InChI is InChI=1S/C25H37ClN3O10P/c1-16(2)19(28-21(31)27-13-24(5,6)38-22(32)36-15-37-39-40(34)35)20(30)29-12-11-25(33,23(3,4)14-29)17-7-9-18(26)10-8-17/h7-10,16,19,33H,11-15H2,1-6H3,(H2-,27,28,31,34,35)/p+1/t19-,25+/m1/s1. The fraction of sp³-hybridized carbons (Fsp3) is 0.640. The van der Waals surface area contributed by atoms with Gasteiger partial charge in [0, 0.05) is 28.1 Å². The minimum atomic E-state index is -3.01. The van der Waals surface area contributed by atoms with Crippen LogP contribution in [0.4, 0.5) is 9.59 Å². The highest BCUT2D eigenvalue weighted by Gasteiger charge is 2.50. The second-order valence-electron chi connectivity index (χ2n) is 11.1. The van der Waals surface area contributed by atoms with Crippen molar-refractivity contribution in [2.24, 2.45) is 11.3 Å². The van der Waals surface area contributed by atoms with Crippen LogP contribution in [0.1, 0.15) is 53.5 Å². The summed E-state index contributed by atoms with van der Waals surface area (Å²) in [5.41, 5.74) is -2.35. The van der Waals surface area contributed by atoms with Gasteiger partial charge in [-0.25, -0.2) is 9.59 Å². The van der Waals surface area contributed by atoms with Gasteiger partial charge in [-0.3, -0.25) is 4.79 Å². The monoisotopic (exact) mass is 606 g/mol. The smallest absolute Gasteiger partial charge is 0.426 e. The molecule has 13 nitrogen and oxygen atoms in total. The molecular formula is C25H38ClN3O10P+. The number of carbonyl (C=O) groups excluding carboxylic acids is 3. The summed E-state index contributed by atoms with van der Waals surface area (Å²) in [6.45, 7) is 10.1. The van der Waals surface area contributed by atoms with Crippen molar-refractivity contribution in [2.75, 3.05) is 26.4 Å². The zero-order valence-corrected chi connectivity index (χ0v) is 25.1. The van der Waals surface area contributed by atoms with Crippen molar-refractivity contribution < 1.29 is 48.0 Å². The molecule has 0 aromatic heterocycles. The van der Waals surface area contributed by atoms with E-state index in [-0.39, 0.29) is 24.9 Å². The number of piperidine rings is 1. The lowest BCUT2D eigenvalue weighted by Crippen LogP contribution is -2.61. The number of benzene rings is 1. The van der Waals surface area contributed by atoms with Crippen LogP contribution in [0.25, 0.3) is 0 Å². The highest BCUT2D eigenvalue weighted by atomic mass is 35.5. The van der Waals surface area contributed by atoms with E-state index >= 15 is 0 Å². The van der Waals surface area contributed by atoms with Gasteiger partial charge >= 0.3 is 20.4 Å². The third-order valence-electron chi connectivity index (χ3n) is 6.68. The molecule has 4 N–H and O–H groups in total. The van der Waals surface area contributed by atoms with Crippen LogP contribution < -0.4 is 10.6 Å². The second kappa shape index (κ2) is 13.9. The van der Waals surface area contributed by atoms with E-state index in [0.29, 0.717) is 18.0 Å². The molecule has 3 atom stereocenters. The molecule has 0 radical (unpaired) electrons. The van der Waals surface area contributed by atoms with Gasteiger partial charge in [-0.2, -0.15) is 0 Å². The molecule has 1 aromatic carbocycles. The molecule has 0 spiro atoms. The van der Waals surface area contributed by atoms with Gasteiger partial charge < -0.3 is 30.1 Å². The molecule has 15 heteroatoms. The molecule has 1 unspecified atom stereocenters. The quantitative estimate of drug-likeness (QED) is 0.0728. The molecule has 1 fully saturated rings. The SMILES string of the molecule is CC(C)[C@@H](NC(=O)NCC(C)(C)OC(=O)OCOO[P+](=O)O)C(=O)N1CC[C@](O)(c2ccc(Cl)cc2)C(C)(C)C1. The van der Waals surface area contributed by atoms with Crippen LogP contribution in [0.2, 0.25) is 5.02 Å². The van der Waals surface area contributed by atoms with Crippen molar-refractivity contribution in [2.45, 2.75) is 65.2 Å². The molecule has 1 aromatic rings. The van der Waals surface area contributed by atoms with E-state index in [1.54, 1.807) is 29.2 Å². The van der Waals surface area contributed by atoms with Gasteiger partial charge in [0.1, 0.15) is 11.6 Å². The molecule has 3 amide bonds. The maximum absolute atomic E-state index is 13.5. The van der Waals surface area contributed by atoms with Crippen LogP contribution in [0.5, 0.6) is 0 Å². The maximum atomic E-state index is 13.5. The number of ether oxygens (including phenoxy) is 2. The molecule has 1 saturated heterocycles. The summed E-state index contributed by atoms with van der Waals surface area (Å²) in [4.78, 5) is 52.2. The van der Waals surface area contributed by atoms with Crippen LogP contribution in [-0.4, -0.2) is 71.1 Å². The lowest BCUT2D eigenvalue weighted by atomic mass is 9.66. The molecule has 224 valence electrons. The Balaban J connectivity index is 1.95. The first-order chi connectivity index (χ1) is 18.5. The van der Waals surface area contributed by atoms with Crippen molar-refractivity contribution in [3.05, 3.63) is 34.9 Å². The fourth-order valence-electron chi connectivity index (χ4n) is 4.40. The largest absolute Gasteiger partial charge is 0.726 e. The van der Waals surface area contributed by atoms with Gasteiger partial charge in [-0.05, 0) is 43.9 Å². The Morgan fingerprint density at radius 2 is 1.82 bits per heavy atom. The summed E-state index contributed by atoms with van der Waals surface area (Å²) in [7, 11) is -3.01. The Hall–Kier alpha value is -2.54. The van der Waals surface area contributed by atoms with Crippen molar-refractivity contribution in [1.82, 2.24) is 15.5 Å². The molecule has 1 aliphatic rings. The number of rotatable bonds is 11. The Kier molecular flexibility index (Phi) is 11.7. The van der Waals surface area contributed by atoms with Gasteiger partial charge in [-0.15, -0.1) is 9.78 Å². The summed E-state index contributed by atoms with van der Waals surface area (Å²) in [6.07, 6.45) is -0.854. The van der Waals surface area contributed by atoms with E-state index in [9.17, 15) is 24.1 Å². The minimum Gasteiger partial charge on any atom is -0.426 e. The van der Waals surface area contributed by atoms with Crippen molar-refractivity contribution >= 4 is 37.9 Å². The van der Waals surface area contributed by atoms with E-state index < -0.39 is 49.9 Å². The number of carbonyl (C=O) groups is 3. The third kappa shape index (κ3) is 9.25. The van der Waals surface area contributed by atoms with E-state index in [0.717, 1.165) is 5.56 Å². The van der Waals surface area contributed by atoms with Crippen LogP contribution in [-0.2, 0) is 34.0 Å². The second-order valence-corrected chi connectivity index (χ2v) is 12.2. The summed E-state index contributed by atoms with van der Waals surface area (Å²) >= 11 is 6.01. The Morgan fingerprint density at radius 1 is 1.20 bits per heavy atom. The van der Waals surface area contributed by atoms with Crippen LogP contribution in [0.15, 0.2) is 24.3 Å². The number of aliphatic hydroxyl groups is 1. The third-order valence-corrected chi connectivity index (χ3v) is 7.16. The normalized spacial score (nSPS) is 19.9. The van der Waals surface area contributed by atoms with E-state index in [1.807, 2.05) is 27.7 Å². The molecule has 2 rings (SSSR count). The lowest BCUT2D eigenvalue weighted by Gasteiger charge is -2.51. The first-order valence-electron chi connectivity index (χ1n) is 12.6. The molecule has 40 heavy (non-hydrogen) atoms. The van der Waals surface area contributed by atoms with E-state index in [1.165, 1.54) is 13.8 Å². The Bertz CT molecular complexity index is 1070. The highest BCUT2D eigenvalue weighted by molar-refractivity contribution is 7.31. The highest BCUT2D eigenvalue weighted by Crippen LogP contribution is 2.46. The number of hydrogen-bond acceptors (Lipinski definition) is 9. The van der Waals surface area contributed by atoms with Crippen LogP contribution in [0.3, 0.4) is 0 Å². The maximum Gasteiger partial charge on any atom is 0.726 e. The summed E-state index contributed by atoms with van der Waals surface area (Å²) < 4.78 is 23.9.